The Morgan fingerprint density at radius 3 is 2.21 bits per heavy atom. The Kier molecular flexibility index (Phi) is 3.97. The third-order valence-corrected chi connectivity index (χ3v) is 4.37. The number of fused-ring (bicyclic) bond motifs is 1. The zero-order chi connectivity index (χ0) is 17.4. The zero-order valence-electron chi connectivity index (χ0n) is 13.9. The molecule has 1 aromatic carbocycles. The van der Waals surface area contributed by atoms with Crippen LogP contribution in [0.2, 0.25) is 0 Å². The minimum atomic E-state index is -0.467. The first kappa shape index (κ1) is 16.0. The standard InChI is InChI=1S/C18H19N3O3/c1-4-11-5-7-12(8-6-11)9-13-10-14-15(19-16(13)22)20(2)18(24)21(3)17(14)23/h5-8,10H,4,9H2,1-3H3,(H,19,22). The molecule has 0 amide bonds. The predicted octanol–water partition coefficient (Wildman–Crippen LogP) is 1.08. The SMILES string of the molecule is CCc1ccc(Cc2cc3c(=O)n(C)c(=O)n(C)c3[nH]c2=O)cc1. The molecule has 0 atom stereocenters. The highest BCUT2D eigenvalue weighted by molar-refractivity contribution is 5.74. The van der Waals surface area contributed by atoms with E-state index in [-0.39, 0.29) is 11.2 Å². The largest absolute Gasteiger partial charge is 0.332 e. The number of rotatable bonds is 3. The summed E-state index contributed by atoms with van der Waals surface area (Å²) in [5, 5.41) is 0.333. The average molecular weight is 325 g/mol. The molecule has 0 aliphatic heterocycles. The van der Waals surface area contributed by atoms with E-state index in [0.717, 1.165) is 16.6 Å². The van der Waals surface area contributed by atoms with E-state index in [1.165, 1.54) is 24.2 Å². The molecule has 6 nitrogen and oxygen atoms in total. The highest BCUT2D eigenvalue weighted by Crippen LogP contribution is 2.11. The Morgan fingerprint density at radius 1 is 0.958 bits per heavy atom. The summed E-state index contributed by atoms with van der Waals surface area (Å²) in [6.07, 6.45) is 1.39. The first-order valence-electron chi connectivity index (χ1n) is 7.82. The van der Waals surface area contributed by atoms with Crippen molar-refractivity contribution in [2.24, 2.45) is 14.1 Å². The minimum absolute atomic E-state index is 0.248. The molecule has 24 heavy (non-hydrogen) atoms. The van der Waals surface area contributed by atoms with E-state index in [9.17, 15) is 14.4 Å². The fraction of sp³-hybridized carbons (Fsp3) is 0.278. The Morgan fingerprint density at radius 2 is 1.58 bits per heavy atom. The molecule has 0 radical (unpaired) electrons. The third-order valence-electron chi connectivity index (χ3n) is 4.37. The van der Waals surface area contributed by atoms with Gasteiger partial charge in [-0.2, -0.15) is 0 Å². The van der Waals surface area contributed by atoms with Crippen LogP contribution in [0.3, 0.4) is 0 Å². The molecular weight excluding hydrogens is 306 g/mol. The van der Waals surface area contributed by atoms with Gasteiger partial charge in [0.05, 0.1) is 5.39 Å². The summed E-state index contributed by atoms with van der Waals surface area (Å²) in [7, 11) is 2.96. The van der Waals surface area contributed by atoms with Crippen LogP contribution in [0.4, 0.5) is 0 Å². The van der Waals surface area contributed by atoms with Crippen LogP contribution >= 0.6 is 0 Å². The Labute approximate surface area is 138 Å². The molecule has 0 unspecified atom stereocenters. The van der Waals surface area contributed by atoms with E-state index in [4.69, 9.17) is 0 Å². The van der Waals surface area contributed by atoms with Crippen molar-refractivity contribution in [3.8, 4) is 0 Å². The fourth-order valence-electron chi connectivity index (χ4n) is 2.82. The number of hydrogen-bond acceptors (Lipinski definition) is 3. The maximum atomic E-state index is 12.3. The summed E-state index contributed by atoms with van der Waals surface area (Å²) in [4.78, 5) is 39.3. The first-order chi connectivity index (χ1) is 11.4. The molecule has 0 aliphatic carbocycles. The third kappa shape index (κ3) is 2.60. The van der Waals surface area contributed by atoms with E-state index in [0.29, 0.717) is 17.4 Å². The molecular formula is C18H19N3O3. The molecule has 0 spiro atoms. The summed E-state index contributed by atoms with van der Waals surface area (Å²) in [5.74, 6) is 0. The van der Waals surface area contributed by atoms with Gasteiger partial charge in [0.15, 0.2) is 0 Å². The van der Waals surface area contributed by atoms with Gasteiger partial charge in [0.25, 0.3) is 11.1 Å². The molecule has 0 bridgehead atoms. The van der Waals surface area contributed by atoms with Gasteiger partial charge in [-0.3, -0.25) is 18.7 Å². The van der Waals surface area contributed by atoms with Crippen LogP contribution in [0, 0.1) is 0 Å². The van der Waals surface area contributed by atoms with E-state index in [1.54, 1.807) is 6.07 Å². The average Bonchev–Trinajstić information content (AvgIpc) is 2.60. The molecule has 0 saturated heterocycles. The van der Waals surface area contributed by atoms with Crippen LogP contribution in [-0.2, 0) is 26.9 Å². The number of pyridine rings is 1. The Balaban J connectivity index is 2.15. The smallest absolute Gasteiger partial charge is 0.307 e. The summed E-state index contributed by atoms with van der Waals surface area (Å²) in [5.41, 5.74) is 1.82. The van der Waals surface area contributed by atoms with Crippen LogP contribution in [0.5, 0.6) is 0 Å². The summed E-state index contributed by atoms with van der Waals surface area (Å²) in [6.45, 7) is 2.09. The van der Waals surface area contributed by atoms with Crippen LogP contribution < -0.4 is 16.8 Å². The molecule has 2 aromatic heterocycles. The van der Waals surface area contributed by atoms with Crippen molar-refractivity contribution in [2.75, 3.05) is 0 Å². The van der Waals surface area contributed by atoms with Gasteiger partial charge in [0.2, 0.25) is 0 Å². The normalized spacial score (nSPS) is 11.1. The fourth-order valence-corrected chi connectivity index (χ4v) is 2.82. The van der Waals surface area contributed by atoms with Gasteiger partial charge in [-0.05, 0) is 23.6 Å². The topological polar surface area (TPSA) is 76.9 Å². The van der Waals surface area contributed by atoms with Gasteiger partial charge in [-0.1, -0.05) is 31.2 Å². The lowest BCUT2D eigenvalue weighted by Gasteiger charge is -2.09. The molecule has 0 saturated carbocycles. The number of nitrogens with one attached hydrogen (secondary N) is 1. The summed E-state index contributed by atoms with van der Waals surface area (Å²) < 4.78 is 2.32. The predicted molar refractivity (Wildman–Crippen MR) is 93.7 cm³/mol. The van der Waals surface area contributed by atoms with Gasteiger partial charge >= 0.3 is 5.69 Å². The van der Waals surface area contributed by atoms with Crippen molar-refractivity contribution in [2.45, 2.75) is 19.8 Å². The number of benzene rings is 1. The van der Waals surface area contributed by atoms with E-state index in [1.807, 2.05) is 24.3 Å². The molecule has 2 heterocycles. The second kappa shape index (κ2) is 5.96. The van der Waals surface area contributed by atoms with Gasteiger partial charge in [-0.15, -0.1) is 0 Å². The molecule has 124 valence electrons. The molecule has 3 rings (SSSR count). The van der Waals surface area contributed by atoms with Crippen molar-refractivity contribution in [3.63, 3.8) is 0 Å². The van der Waals surface area contributed by atoms with E-state index in [2.05, 4.69) is 11.9 Å². The molecule has 6 heteroatoms. The Bertz CT molecular complexity index is 1090. The maximum absolute atomic E-state index is 12.3. The number of H-pyrrole nitrogens is 1. The van der Waals surface area contributed by atoms with Crippen molar-refractivity contribution in [3.05, 3.63) is 78.2 Å². The number of nitrogens with zero attached hydrogens (tertiary/aromatic N) is 2. The quantitative estimate of drug-likeness (QED) is 0.783. The number of aromatic amines is 1. The van der Waals surface area contributed by atoms with Crippen LogP contribution in [0.25, 0.3) is 11.0 Å². The second-order valence-corrected chi connectivity index (χ2v) is 5.94. The van der Waals surface area contributed by atoms with Gasteiger partial charge < -0.3 is 4.98 Å². The number of aromatic nitrogens is 3. The Hall–Kier alpha value is -2.89. The summed E-state index contributed by atoms with van der Waals surface area (Å²) >= 11 is 0. The van der Waals surface area contributed by atoms with Crippen molar-refractivity contribution < 1.29 is 0 Å². The lowest BCUT2D eigenvalue weighted by molar-refractivity contribution is 0.706. The molecule has 1 N–H and O–H groups in total. The minimum Gasteiger partial charge on any atom is -0.307 e. The van der Waals surface area contributed by atoms with Crippen LogP contribution in [-0.4, -0.2) is 14.1 Å². The van der Waals surface area contributed by atoms with E-state index >= 15 is 0 Å². The lowest BCUT2D eigenvalue weighted by Crippen LogP contribution is -2.38. The zero-order valence-corrected chi connectivity index (χ0v) is 13.9. The van der Waals surface area contributed by atoms with Crippen LogP contribution in [0.15, 0.2) is 44.7 Å². The van der Waals surface area contributed by atoms with Crippen molar-refractivity contribution in [1.29, 1.82) is 0 Å². The summed E-state index contributed by atoms with van der Waals surface area (Å²) in [6, 6.07) is 9.63. The highest BCUT2D eigenvalue weighted by atomic mass is 16.2. The molecule has 0 aliphatic rings. The van der Waals surface area contributed by atoms with Gasteiger partial charge in [0.1, 0.15) is 5.65 Å². The highest BCUT2D eigenvalue weighted by Gasteiger charge is 2.12. The second-order valence-electron chi connectivity index (χ2n) is 5.94. The first-order valence-corrected chi connectivity index (χ1v) is 7.82. The lowest BCUT2D eigenvalue weighted by atomic mass is 10.0. The monoisotopic (exact) mass is 325 g/mol. The van der Waals surface area contributed by atoms with Crippen LogP contribution in [0.1, 0.15) is 23.6 Å². The number of hydrogen-bond donors (Lipinski definition) is 1. The van der Waals surface area contributed by atoms with Gasteiger partial charge in [0, 0.05) is 26.1 Å². The van der Waals surface area contributed by atoms with Crippen molar-refractivity contribution >= 4 is 11.0 Å². The number of aryl methyl sites for hydroxylation is 2. The van der Waals surface area contributed by atoms with E-state index < -0.39 is 11.2 Å². The van der Waals surface area contributed by atoms with Crippen molar-refractivity contribution in [1.82, 2.24) is 14.1 Å². The maximum Gasteiger partial charge on any atom is 0.332 e. The molecule has 3 aromatic rings. The van der Waals surface area contributed by atoms with Gasteiger partial charge in [-0.25, -0.2) is 4.79 Å². The molecule has 0 fully saturated rings.